The summed E-state index contributed by atoms with van der Waals surface area (Å²) in [6.07, 6.45) is 3.60. The zero-order valence-corrected chi connectivity index (χ0v) is 11.5. The van der Waals surface area contributed by atoms with Gasteiger partial charge < -0.3 is 5.32 Å². The number of alkyl halides is 2. The maximum absolute atomic E-state index is 12.4. The van der Waals surface area contributed by atoms with E-state index < -0.39 is 15.6 Å². The van der Waals surface area contributed by atoms with Gasteiger partial charge in [0.15, 0.2) is 0 Å². The summed E-state index contributed by atoms with van der Waals surface area (Å²) < 4.78 is 47.2. The van der Waals surface area contributed by atoms with Gasteiger partial charge >= 0.3 is 5.76 Å². The lowest BCUT2D eigenvalue weighted by Gasteiger charge is -2.38. The second kappa shape index (κ2) is 5.07. The number of benzene rings is 1. The van der Waals surface area contributed by atoms with E-state index in [0.717, 1.165) is 12.2 Å². The van der Waals surface area contributed by atoms with E-state index in [0.29, 0.717) is 5.41 Å². The molecule has 2 rings (SSSR count). The summed E-state index contributed by atoms with van der Waals surface area (Å²) in [5.74, 6) is -3.37. The maximum Gasteiger partial charge on any atom is 0.341 e. The first-order valence-electron chi connectivity index (χ1n) is 6.20. The summed E-state index contributed by atoms with van der Waals surface area (Å²) in [7, 11) is -4.49. The summed E-state index contributed by atoms with van der Waals surface area (Å²) in [6, 6.07) is 5.48. The highest BCUT2D eigenvalue weighted by Gasteiger charge is 2.31. The van der Waals surface area contributed by atoms with Crippen molar-refractivity contribution in [1.29, 1.82) is 0 Å². The Morgan fingerprint density at radius 3 is 2.26 bits per heavy atom. The Morgan fingerprint density at radius 2 is 1.84 bits per heavy atom. The maximum atomic E-state index is 12.4. The van der Waals surface area contributed by atoms with Crippen LogP contribution in [-0.2, 0) is 9.84 Å². The molecule has 1 aromatic rings. The highest BCUT2D eigenvalue weighted by atomic mass is 32.2. The Bertz CT molecular complexity index is 536. The van der Waals surface area contributed by atoms with Gasteiger partial charge in [0.2, 0.25) is 9.84 Å². The van der Waals surface area contributed by atoms with Gasteiger partial charge in [-0.3, -0.25) is 0 Å². The lowest BCUT2D eigenvalue weighted by Crippen LogP contribution is -2.33. The van der Waals surface area contributed by atoms with Gasteiger partial charge in [0.25, 0.3) is 0 Å². The Balaban J connectivity index is 2.02. The SMILES string of the molecule is CC1(CNc2ccc(S(=O)(=O)C(F)F)cc2)CCC1. The number of nitrogens with one attached hydrogen (secondary N) is 1. The highest BCUT2D eigenvalue weighted by molar-refractivity contribution is 7.91. The van der Waals surface area contributed by atoms with Crippen molar-refractivity contribution in [3.8, 4) is 0 Å². The van der Waals surface area contributed by atoms with Gasteiger partial charge in [-0.25, -0.2) is 8.42 Å². The molecule has 0 unspecified atom stereocenters. The van der Waals surface area contributed by atoms with Gasteiger partial charge in [0.05, 0.1) is 4.90 Å². The molecule has 1 fully saturated rings. The van der Waals surface area contributed by atoms with Crippen LogP contribution in [0.3, 0.4) is 0 Å². The molecule has 0 aliphatic heterocycles. The van der Waals surface area contributed by atoms with Crippen LogP contribution in [0, 0.1) is 5.41 Å². The number of sulfone groups is 1. The molecule has 1 N–H and O–H groups in total. The second-order valence-corrected chi connectivity index (χ2v) is 7.27. The van der Waals surface area contributed by atoms with Crippen molar-refractivity contribution in [2.24, 2.45) is 5.41 Å². The van der Waals surface area contributed by atoms with Crippen LogP contribution in [0.4, 0.5) is 14.5 Å². The largest absolute Gasteiger partial charge is 0.384 e. The molecule has 0 atom stereocenters. The van der Waals surface area contributed by atoms with Gasteiger partial charge in [0.1, 0.15) is 0 Å². The summed E-state index contributed by atoms with van der Waals surface area (Å²) in [5, 5.41) is 3.21. The molecule has 3 nitrogen and oxygen atoms in total. The zero-order valence-electron chi connectivity index (χ0n) is 10.7. The Labute approximate surface area is 111 Å². The van der Waals surface area contributed by atoms with Gasteiger partial charge in [-0.1, -0.05) is 13.3 Å². The minimum Gasteiger partial charge on any atom is -0.384 e. The lowest BCUT2D eigenvalue weighted by atomic mass is 9.70. The van der Waals surface area contributed by atoms with Gasteiger partial charge in [-0.05, 0) is 42.5 Å². The van der Waals surface area contributed by atoms with Crippen molar-refractivity contribution in [3.05, 3.63) is 24.3 Å². The van der Waals surface area contributed by atoms with Crippen molar-refractivity contribution in [2.75, 3.05) is 11.9 Å². The zero-order chi connectivity index (χ0) is 14.1. The fourth-order valence-corrected chi connectivity index (χ4v) is 2.86. The third-order valence-corrected chi connectivity index (χ3v) is 5.10. The predicted octanol–water partition coefficient (Wildman–Crippen LogP) is 3.29. The Morgan fingerprint density at radius 1 is 1.26 bits per heavy atom. The number of hydrogen-bond donors (Lipinski definition) is 1. The third-order valence-electron chi connectivity index (χ3n) is 3.70. The van der Waals surface area contributed by atoms with Crippen molar-refractivity contribution in [1.82, 2.24) is 0 Å². The summed E-state index contributed by atoms with van der Waals surface area (Å²) in [4.78, 5) is -0.345. The number of halogens is 2. The van der Waals surface area contributed by atoms with Crippen LogP contribution >= 0.6 is 0 Å². The molecule has 0 radical (unpaired) electrons. The second-order valence-electron chi connectivity index (χ2n) is 5.35. The van der Waals surface area contributed by atoms with E-state index in [1.165, 1.54) is 43.5 Å². The molecule has 6 heteroatoms. The van der Waals surface area contributed by atoms with E-state index in [9.17, 15) is 17.2 Å². The van der Waals surface area contributed by atoms with E-state index in [1.807, 2.05) is 0 Å². The van der Waals surface area contributed by atoms with E-state index in [2.05, 4.69) is 12.2 Å². The van der Waals surface area contributed by atoms with Crippen LogP contribution < -0.4 is 5.32 Å². The molecule has 0 amide bonds. The molecule has 0 heterocycles. The first-order chi connectivity index (χ1) is 8.83. The third kappa shape index (κ3) is 3.05. The molecule has 19 heavy (non-hydrogen) atoms. The summed E-state index contributed by atoms with van der Waals surface area (Å²) in [5.41, 5.74) is 1.05. The van der Waals surface area contributed by atoms with E-state index >= 15 is 0 Å². The monoisotopic (exact) mass is 289 g/mol. The minimum atomic E-state index is -4.49. The van der Waals surface area contributed by atoms with E-state index in [4.69, 9.17) is 0 Å². The molecular weight excluding hydrogens is 272 g/mol. The standard InChI is InChI=1S/C13H17F2NO2S/c1-13(7-2-8-13)9-16-10-3-5-11(6-4-10)19(17,18)12(14)15/h3-6,12,16H,2,7-9H2,1H3. The molecule has 0 aromatic heterocycles. The smallest absolute Gasteiger partial charge is 0.341 e. The Kier molecular flexibility index (Phi) is 3.80. The number of anilines is 1. The van der Waals surface area contributed by atoms with Crippen LogP contribution in [0.5, 0.6) is 0 Å². The van der Waals surface area contributed by atoms with Crippen LogP contribution in [0.25, 0.3) is 0 Å². The number of rotatable bonds is 5. The normalized spacial score (nSPS) is 18.1. The number of hydrogen-bond acceptors (Lipinski definition) is 3. The fraction of sp³-hybridized carbons (Fsp3) is 0.538. The van der Waals surface area contributed by atoms with Gasteiger partial charge in [-0.15, -0.1) is 0 Å². The van der Waals surface area contributed by atoms with Crippen LogP contribution in [0.2, 0.25) is 0 Å². The average molecular weight is 289 g/mol. The van der Waals surface area contributed by atoms with Gasteiger partial charge in [-0.2, -0.15) is 8.78 Å². The molecule has 0 spiro atoms. The first-order valence-corrected chi connectivity index (χ1v) is 7.74. The van der Waals surface area contributed by atoms with Crippen molar-refractivity contribution in [3.63, 3.8) is 0 Å². The Hall–Kier alpha value is -1.17. The molecule has 106 valence electrons. The fourth-order valence-electron chi connectivity index (χ4n) is 2.14. The van der Waals surface area contributed by atoms with Crippen molar-refractivity contribution < 1.29 is 17.2 Å². The molecule has 1 aliphatic rings. The predicted molar refractivity (Wildman–Crippen MR) is 70.1 cm³/mol. The van der Waals surface area contributed by atoms with E-state index in [1.54, 1.807) is 0 Å². The van der Waals surface area contributed by atoms with Crippen LogP contribution in [0.1, 0.15) is 26.2 Å². The van der Waals surface area contributed by atoms with Crippen LogP contribution in [0.15, 0.2) is 29.2 Å². The lowest BCUT2D eigenvalue weighted by molar-refractivity contribution is 0.180. The molecule has 0 saturated heterocycles. The molecule has 1 saturated carbocycles. The van der Waals surface area contributed by atoms with Gasteiger partial charge in [0, 0.05) is 12.2 Å². The first kappa shape index (κ1) is 14.2. The van der Waals surface area contributed by atoms with E-state index in [-0.39, 0.29) is 4.90 Å². The van der Waals surface area contributed by atoms with Crippen molar-refractivity contribution >= 4 is 15.5 Å². The quantitative estimate of drug-likeness (QED) is 0.904. The molecule has 1 aromatic carbocycles. The minimum absolute atomic E-state index is 0.299. The molecular formula is C13H17F2NO2S. The summed E-state index contributed by atoms with van der Waals surface area (Å²) in [6.45, 7) is 3.01. The average Bonchev–Trinajstić information content (AvgIpc) is 2.34. The highest BCUT2D eigenvalue weighted by Crippen LogP contribution is 2.40. The summed E-state index contributed by atoms with van der Waals surface area (Å²) >= 11 is 0. The molecule has 0 bridgehead atoms. The molecule has 1 aliphatic carbocycles. The van der Waals surface area contributed by atoms with Crippen molar-refractivity contribution in [2.45, 2.75) is 36.8 Å². The topological polar surface area (TPSA) is 46.2 Å². The van der Waals surface area contributed by atoms with Crippen LogP contribution in [-0.4, -0.2) is 20.7 Å².